The van der Waals surface area contributed by atoms with Crippen molar-refractivity contribution in [3.8, 4) is 0 Å². The van der Waals surface area contributed by atoms with Gasteiger partial charge < -0.3 is 0 Å². The van der Waals surface area contributed by atoms with Crippen LogP contribution in [0.5, 0.6) is 0 Å². The summed E-state index contributed by atoms with van der Waals surface area (Å²) in [6, 6.07) is 0. The molecule has 0 aromatic rings. The van der Waals surface area contributed by atoms with Gasteiger partial charge in [0.1, 0.15) is 0 Å². The van der Waals surface area contributed by atoms with Crippen LogP contribution in [0, 0.1) is 0 Å². The van der Waals surface area contributed by atoms with Crippen LogP contribution in [0.25, 0.3) is 0 Å². The minimum Gasteiger partial charge on any atom is -0.277 e. The van der Waals surface area contributed by atoms with Gasteiger partial charge in [-0.2, -0.15) is 0 Å². The van der Waals surface area contributed by atoms with E-state index in [1.54, 1.807) is 6.41 Å². The summed E-state index contributed by atoms with van der Waals surface area (Å²) in [6.07, 6.45) is 3.96. The molecule has 3 heteroatoms. The summed E-state index contributed by atoms with van der Waals surface area (Å²) in [7, 11) is 0. The highest BCUT2D eigenvalue weighted by atomic mass is 127. The Balaban J connectivity index is 2.98. The van der Waals surface area contributed by atoms with E-state index in [0.717, 1.165) is 19.4 Å². The Morgan fingerprint density at radius 2 is 2.38 bits per heavy atom. The Bertz CT molecular complexity index is 67.4. The van der Waals surface area contributed by atoms with Crippen LogP contribution in [-0.2, 0) is 4.79 Å². The van der Waals surface area contributed by atoms with E-state index in [-0.39, 0.29) is 0 Å². The maximum atomic E-state index is 9.80. The molecule has 0 atom stereocenters. The van der Waals surface area contributed by atoms with Crippen LogP contribution < -0.4 is 0 Å². The molecule has 0 spiro atoms. The third-order valence-electron chi connectivity index (χ3n) is 0.807. The molecule has 2 nitrogen and oxygen atoms in total. The maximum absolute atomic E-state index is 9.80. The summed E-state index contributed by atoms with van der Waals surface area (Å²) in [5, 5.41) is 0. The van der Waals surface area contributed by atoms with Crippen molar-refractivity contribution in [3.05, 3.63) is 0 Å². The molecule has 1 amide bonds. The zero-order valence-electron chi connectivity index (χ0n) is 4.85. The quantitative estimate of drug-likeness (QED) is 0.404. The van der Waals surface area contributed by atoms with Gasteiger partial charge in [0.05, 0.1) is 22.9 Å². The van der Waals surface area contributed by atoms with E-state index in [4.69, 9.17) is 0 Å². The lowest BCUT2D eigenvalue weighted by Gasteiger charge is -2.02. The van der Waals surface area contributed by atoms with Gasteiger partial charge in [-0.1, -0.05) is 13.3 Å². The second kappa shape index (κ2) is 5.34. The molecule has 47 valence electrons. The number of amides is 1. The van der Waals surface area contributed by atoms with Gasteiger partial charge in [0.15, 0.2) is 0 Å². The van der Waals surface area contributed by atoms with Gasteiger partial charge in [-0.3, -0.25) is 7.91 Å². The lowest BCUT2D eigenvalue weighted by molar-refractivity contribution is 0.508. The van der Waals surface area contributed by atoms with Crippen molar-refractivity contribution in [3.63, 3.8) is 0 Å². The van der Waals surface area contributed by atoms with E-state index in [1.807, 2.05) is 22.9 Å². The zero-order chi connectivity index (χ0) is 6.41. The summed E-state index contributed by atoms with van der Waals surface area (Å²) in [5.41, 5.74) is 0. The lowest BCUT2D eigenvalue weighted by Crippen LogP contribution is -2.08. The molecule has 0 unspecified atom stereocenters. The Morgan fingerprint density at radius 3 is 2.75 bits per heavy atom. The average Bonchev–Trinajstić information content (AvgIpc) is 1.83. The lowest BCUT2D eigenvalue weighted by atomic mass is 10.3. The minimum absolute atomic E-state index is 0.820. The Labute approximate surface area is 63.7 Å². The van der Waals surface area contributed by atoms with Crippen LogP contribution >= 0.6 is 22.9 Å². The monoisotopic (exact) mass is 226 g/mol. The normalized spacial score (nSPS) is 8.75. The number of hydrogen-bond donors (Lipinski definition) is 0. The largest absolute Gasteiger partial charge is 0.321 e. The van der Waals surface area contributed by atoms with Crippen molar-refractivity contribution in [2.45, 2.75) is 19.8 Å². The van der Waals surface area contributed by atoms with E-state index < -0.39 is 0 Å². The van der Waals surface area contributed by atoms with E-state index in [9.17, 15) is 4.79 Å². The highest BCUT2D eigenvalue weighted by Crippen LogP contribution is 1.96. The van der Waals surface area contributed by atoms with Gasteiger partial charge >= 0.3 is 6.41 Å². The summed E-state index contributed by atoms with van der Waals surface area (Å²) in [6.45, 7) is 2.91. The van der Waals surface area contributed by atoms with Crippen LogP contribution in [0.3, 0.4) is 0 Å². The number of nitrogens with zero attached hydrogens (tertiary/aromatic N) is 1. The SMILES string of the molecule is CCCCN(I)[C]=O. The number of halogens is 1. The van der Waals surface area contributed by atoms with Gasteiger partial charge in [0.25, 0.3) is 0 Å². The fraction of sp³-hybridized carbons (Fsp3) is 0.800. The third-order valence-corrected chi connectivity index (χ3v) is 1.49. The Hall–Kier alpha value is 0.200. The fourth-order valence-electron chi connectivity index (χ4n) is 0.343. The molecular formula is C5H9INO. The first-order valence-electron chi connectivity index (χ1n) is 2.62. The van der Waals surface area contributed by atoms with E-state index >= 15 is 0 Å². The van der Waals surface area contributed by atoms with E-state index in [0.29, 0.717) is 0 Å². The summed E-state index contributed by atoms with van der Waals surface area (Å²) in [4.78, 5) is 9.80. The molecule has 0 rings (SSSR count). The molecule has 0 aromatic carbocycles. The highest BCUT2D eigenvalue weighted by Gasteiger charge is 1.92. The molecule has 1 radical (unpaired) electrons. The maximum Gasteiger partial charge on any atom is 0.321 e. The molecule has 0 saturated carbocycles. The van der Waals surface area contributed by atoms with E-state index in [1.165, 1.54) is 3.11 Å². The second-order valence-electron chi connectivity index (χ2n) is 1.53. The fourth-order valence-corrected chi connectivity index (χ4v) is 0.684. The van der Waals surface area contributed by atoms with Crippen molar-refractivity contribution in [1.29, 1.82) is 0 Å². The first-order chi connectivity index (χ1) is 3.81. The smallest absolute Gasteiger partial charge is 0.277 e. The van der Waals surface area contributed by atoms with Gasteiger partial charge in [0.2, 0.25) is 0 Å². The van der Waals surface area contributed by atoms with Crippen molar-refractivity contribution in [2.24, 2.45) is 0 Å². The van der Waals surface area contributed by atoms with Crippen LogP contribution in [-0.4, -0.2) is 16.1 Å². The van der Waals surface area contributed by atoms with Gasteiger partial charge in [-0.05, 0) is 6.42 Å². The number of unbranched alkanes of at least 4 members (excludes halogenated alkanes) is 1. The summed E-state index contributed by atoms with van der Waals surface area (Å²) >= 11 is 1.94. The van der Waals surface area contributed by atoms with Crippen molar-refractivity contribution in [1.82, 2.24) is 3.11 Å². The van der Waals surface area contributed by atoms with Crippen LogP contribution in [0.15, 0.2) is 0 Å². The number of hydrogen-bond acceptors (Lipinski definition) is 1. The molecule has 0 aliphatic carbocycles. The molecule has 0 aliphatic heterocycles. The third kappa shape index (κ3) is 4.36. The highest BCUT2D eigenvalue weighted by molar-refractivity contribution is 14.1. The second-order valence-corrected chi connectivity index (χ2v) is 2.70. The molecule has 0 saturated heterocycles. The van der Waals surface area contributed by atoms with Crippen molar-refractivity contribution >= 4 is 29.3 Å². The minimum atomic E-state index is 0.820. The number of rotatable bonds is 4. The molecule has 8 heavy (non-hydrogen) atoms. The predicted molar refractivity (Wildman–Crippen MR) is 41.3 cm³/mol. The Morgan fingerprint density at radius 1 is 1.75 bits per heavy atom. The molecular weight excluding hydrogens is 217 g/mol. The van der Waals surface area contributed by atoms with Crippen molar-refractivity contribution in [2.75, 3.05) is 6.54 Å². The van der Waals surface area contributed by atoms with Gasteiger partial charge in [-0.25, -0.2) is 0 Å². The van der Waals surface area contributed by atoms with Gasteiger partial charge in [0, 0.05) is 6.54 Å². The first-order valence-corrected chi connectivity index (χ1v) is 3.58. The van der Waals surface area contributed by atoms with Crippen LogP contribution in [0.1, 0.15) is 19.8 Å². The molecule has 0 N–H and O–H groups in total. The Kier molecular flexibility index (Phi) is 5.47. The average molecular weight is 226 g/mol. The first kappa shape index (κ1) is 8.20. The van der Waals surface area contributed by atoms with Crippen molar-refractivity contribution < 1.29 is 4.79 Å². The van der Waals surface area contributed by atoms with Crippen LogP contribution in [0.4, 0.5) is 0 Å². The predicted octanol–water partition coefficient (Wildman–Crippen LogP) is 1.51. The molecule has 0 aliphatic rings. The zero-order valence-corrected chi connectivity index (χ0v) is 7.01. The van der Waals surface area contributed by atoms with Crippen LogP contribution in [0.2, 0.25) is 0 Å². The molecule has 0 fully saturated rings. The van der Waals surface area contributed by atoms with E-state index in [2.05, 4.69) is 6.92 Å². The molecule has 0 heterocycles. The number of carbonyl (C=O) groups excluding carboxylic acids is 1. The standard InChI is InChI=1S/C5H9INO/c1-2-3-4-7(6)5-8/h2-4H2,1H3. The topological polar surface area (TPSA) is 20.3 Å². The summed E-state index contributed by atoms with van der Waals surface area (Å²) < 4.78 is 1.50. The summed E-state index contributed by atoms with van der Waals surface area (Å²) in [5.74, 6) is 0. The van der Waals surface area contributed by atoms with Gasteiger partial charge in [-0.15, -0.1) is 0 Å². The molecule has 0 bridgehead atoms. The molecule has 0 aromatic heterocycles.